The van der Waals surface area contributed by atoms with Gasteiger partial charge >= 0.3 is 0 Å². The molecule has 0 aromatic heterocycles. The summed E-state index contributed by atoms with van der Waals surface area (Å²) in [6.45, 7) is 10.4. The Kier molecular flexibility index (Phi) is 2.36. The first-order valence-electron chi connectivity index (χ1n) is 6.76. The lowest BCUT2D eigenvalue weighted by Crippen LogP contribution is -2.54. The molecule has 5 heteroatoms. The molecule has 0 aromatic carbocycles. The summed E-state index contributed by atoms with van der Waals surface area (Å²) in [6.07, 6.45) is 0.00525. The summed E-state index contributed by atoms with van der Waals surface area (Å²) in [5.41, 5.74) is -0.173. The van der Waals surface area contributed by atoms with Crippen molar-refractivity contribution in [2.24, 2.45) is 17.3 Å². The third-order valence-corrected chi connectivity index (χ3v) is 7.63. The molecule has 0 radical (unpaired) electrons. The van der Waals surface area contributed by atoms with E-state index in [2.05, 4.69) is 27.7 Å². The molecule has 0 amide bonds. The molecule has 18 heavy (non-hydrogen) atoms. The molecule has 4 atom stereocenters. The fourth-order valence-electron chi connectivity index (χ4n) is 4.68. The van der Waals surface area contributed by atoms with Gasteiger partial charge in [-0.1, -0.05) is 27.7 Å². The first-order valence-corrected chi connectivity index (χ1v) is 8.17. The molecule has 0 N–H and O–H groups in total. The van der Waals surface area contributed by atoms with Crippen molar-refractivity contribution in [1.82, 2.24) is 0 Å². The maximum absolute atomic E-state index is 12.2. The van der Waals surface area contributed by atoms with E-state index in [1.807, 2.05) is 0 Å². The van der Waals surface area contributed by atoms with Crippen LogP contribution in [0.1, 0.15) is 41.0 Å². The smallest absolute Gasteiger partial charge is 0.276 e. The quantitative estimate of drug-likeness (QED) is 0.722. The Labute approximate surface area is 109 Å². The minimum Gasteiger partial charge on any atom is -0.370 e. The lowest BCUT2D eigenvalue weighted by molar-refractivity contribution is -0.0335. The standard InChI is InChI=1S/C13H22O4S/c1-7(2)13(8(3)4)9-6-12(5)10(16-9)11(13)17-18(12,14)15/h7-11H,6H2,1-5H3. The topological polar surface area (TPSA) is 52.6 Å². The Balaban J connectivity index is 2.16. The molecule has 0 spiro atoms. The Bertz CT molecular complexity index is 473. The normalized spacial score (nSPS) is 47.4. The lowest BCUT2D eigenvalue weighted by atomic mass is 9.57. The highest BCUT2D eigenvalue weighted by atomic mass is 32.2. The fraction of sp³-hybridized carbons (Fsp3) is 1.00. The Morgan fingerprint density at radius 2 is 1.67 bits per heavy atom. The molecule has 3 heterocycles. The lowest BCUT2D eigenvalue weighted by Gasteiger charge is -2.45. The molecule has 104 valence electrons. The maximum atomic E-state index is 12.2. The minimum absolute atomic E-state index is 0.00905. The van der Waals surface area contributed by atoms with Crippen molar-refractivity contribution >= 4 is 10.1 Å². The van der Waals surface area contributed by atoms with Gasteiger partial charge in [-0.05, 0) is 25.2 Å². The van der Waals surface area contributed by atoms with Gasteiger partial charge in [0.05, 0.1) is 6.10 Å². The van der Waals surface area contributed by atoms with Crippen molar-refractivity contribution in [1.29, 1.82) is 0 Å². The zero-order chi connectivity index (χ0) is 13.5. The van der Waals surface area contributed by atoms with E-state index in [1.54, 1.807) is 6.92 Å². The van der Waals surface area contributed by atoms with Gasteiger partial charge in [0.2, 0.25) is 0 Å². The molecular weight excluding hydrogens is 252 g/mol. The predicted molar refractivity (Wildman–Crippen MR) is 67.6 cm³/mol. The van der Waals surface area contributed by atoms with Crippen LogP contribution in [0.3, 0.4) is 0 Å². The summed E-state index contributed by atoms with van der Waals surface area (Å²) < 4.78 is 35.2. The van der Waals surface area contributed by atoms with Crippen LogP contribution in [0, 0.1) is 17.3 Å². The first kappa shape index (κ1) is 12.9. The first-order chi connectivity index (χ1) is 8.18. The number of fused-ring (bicyclic) bond motifs is 1. The zero-order valence-electron chi connectivity index (χ0n) is 11.6. The van der Waals surface area contributed by atoms with Crippen LogP contribution < -0.4 is 0 Å². The largest absolute Gasteiger partial charge is 0.370 e. The van der Waals surface area contributed by atoms with Gasteiger partial charge < -0.3 is 4.74 Å². The van der Waals surface area contributed by atoms with Gasteiger partial charge in [0.25, 0.3) is 10.1 Å². The summed E-state index contributed by atoms with van der Waals surface area (Å²) in [7, 11) is -3.49. The van der Waals surface area contributed by atoms with Gasteiger partial charge in [-0.3, -0.25) is 4.18 Å². The van der Waals surface area contributed by atoms with Crippen molar-refractivity contribution in [2.75, 3.05) is 0 Å². The van der Waals surface area contributed by atoms with Crippen molar-refractivity contribution < 1.29 is 17.3 Å². The molecule has 2 bridgehead atoms. The highest BCUT2D eigenvalue weighted by molar-refractivity contribution is 7.88. The zero-order valence-corrected chi connectivity index (χ0v) is 12.5. The predicted octanol–water partition coefficient (Wildman–Crippen LogP) is 1.94. The van der Waals surface area contributed by atoms with E-state index >= 15 is 0 Å². The summed E-state index contributed by atoms with van der Waals surface area (Å²) in [6, 6.07) is 0. The summed E-state index contributed by atoms with van der Waals surface area (Å²) in [5, 5.41) is 0. The molecule has 3 aliphatic heterocycles. The molecule has 3 saturated heterocycles. The fourth-order valence-corrected chi connectivity index (χ4v) is 6.26. The summed E-state index contributed by atoms with van der Waals surface area (Å²) >= 11 is 0. The van der Waals surface area contributed by atoms with Crippen LogP contribution in [0.25, 0.3) is 0 Å². The van der Waals surface area contributed by atoms with Crippen molar-refractivity contribution in [3.63, 3.8) is 0 Å². The van der Waals surface area contributed by atoms with E-state index in [9.17, 15) is 8.42 Å². The molecule has 4 unspecified atom stereocenters. The SMILES string of the molecule is CC(C)C1(C(C)C)C2CC3(C)C(O2)C1OS3(=O)=O. The summed E-state index contributed by atoms with van der Waals surface area (Å²) in [5.74, 6) is 0.686. The molecule has 0 aliphatic carbocycles. The Morgan fingerprint density at radius 1 is 1.11 bits per heavy atom. The van der Waals surface area contributed by atoms with Crippen LogP contribution in [0.15, 0.2) is 0 Å². The Morgan fingerprint density at radius 3 is 2.17 bits per heavy atom. The molecule has 0 saturated carbocycles. The van der Waals surface area contributed by atoms with Crippen LogP contribution >= 0.6 is 0 Å². The molecule has 0 aromatic rings. The average Bonchev–Trinajstić information content (AvgIpc) is 2.73. The molecule has 3 rings (SSSR count). The van der Waals surface area contributed by atoms with E-state index in [1.165, 1.54) is 0 Å². The van der Waals surface area contributed by atoms with Crippen molar-refractivity contribution in [3.05, 3.63) is 0 Å². The van der Waals surface area contributed by atoms with Gasteiger partial charge in [0, 0.05) is 5.41 Å². The van der Waals surface area contributed by atoms with E-state index in [4.69, 9.17) is 8.92 Å². The highest BCUT2D eigenvalue weighted by Crippen LogP contribution is 2.65. The van der Waals surface area contributed by atoms with E-state index in [-0.39, 0.29) is 23.7 Å². The van der Waals surface area contributed by atoms with Crippen LogP contribution in [-0.2, 0) is 19.0 Å². The van der Waals surface area contributed by atoms with Gasteiger partial charge in [-0.25, -0.2) is 0 Å². The molecule has 3 aliphatic rings. The maximum Gasteiger partial charge on any atom is 0.276 e. The highest BCUT2D eigenvalue weighted by Gasteiger charge is 2.78. The van der Waals surface area contributed by atoms with Gasteiger partial charge in [-0.2, -0.15) is 8.42 Å². The van der Waals surface area contributed by atoms with Crippen LogP contribution in [0.2, 0.25) is 0 Å². The number of ether oxygens (including phenoxy) is 1. The van der Waals surface area contributed by atoms with Crippen LogP contribution in [-0.4, -0.2) is 31.5 Å². The second kappa shape index (κ2) is 3.30. The number of rotatable bonds is 2. The third-order valence-electron chi connectivity index (χ3n) is 5.63. The third kappa shape index (κ3) is 1.09. The second-order valence-electron chi connectivity index (χ2n) is 6.84. The summed E-state index contributed by atoms with van der Waals surface area (Å²) in [4.78, 5) is 0. The van der Waals surface area contributed by atoms with E-state index < -0.39 is 14.9 Å². The number of hydrogen-bond donors (Lipinski definition) is 0. The van der Waals surface area contributed by atoms with Gasteiger partial charge in [-0.15, -0.1) is 0 Å². The van der Waals surface area contributed by atoms with Crippen molar-refractivity contribution in [3.8, 4) is 0 Å². The van der Waals surface area contributed by atoms with Gasteiger partial charge in [0.15, 0.2) is 0 Å². The minimum atomic E-state index is -3.49. The van der Waals surface area contributed by atoms with E-state index in [0.29, 0.717) is 18.3 Å². The van der Waals surface area contributed by atoms with Crippen LogP contribution in [0.4, 0.5) is 0 Å². The van der Waals surface area contributed by atoms with E-state index in [0.717, 1.165) is 0 Å². The number of hydrogen-bond acceptors (Lipinski definition) is 4. The van der Waals surface area contributed by atoms with Crippen LogP contribution in [0.5, 0.6) is 0 Å². The second-order valence-corrected chi connectivity index (χ2v) is 8.88. The molecule has 3 fully saturated rings. The average molecular weight is 274 g/mol. The molecular formula is C13H22O4S. The Hall–Kier alpha value is -0.130. The van der Waals surface area contributed by atoms with Gasteiger partial charge in [0.1, 0.15) is 17.0 Å². The van der Waals surface area contributed by atoms with Crippen molar-refractivity contribution in [2.45, 2.75) is 64.1 Å². The molecule has 4 nitrogen and oxygen atoms in total. The monoisotopic (exact) mass is 274 g/mol.